The van der Waals surface area contributed by atoms with E-state index in [0.29, 0.717) is 18.8 Å². The normalized spacial score (nSPS) is 9.18. The van der Waals surface area contributed by atoms with Gasteiger partial charge in [0.1, 0.15) is 5.75 Å². The fraction of sp³-hybridized carbons (Fsp3) is 0.355. The minimum Gasteiger partial charge on any atom is -0.508 e. The summed E-state index contributed by atoms with van der Waals surface area (Å²) in [7, 11) is 0. The number of phenols is 1. The molecule has 38 heavy (non-hydrogen) atoms. The first-order valence-electron chi connectivity index (χ1n) is 12.5. The van der Waals surface area contributed by atoms with E-state index in [1.165, 1.54) is 5.56 Å². The van der Waals surface area contributed by atoms with Gasteiger partial charge in [-0.3, -0.25) is 0 Å². The molecule has 0 radical (unpaired) electrons. The van der Waals surface area contributed by atoms with Gasteiger partial charge in [0.15, 0.2) is 0 Å². The smallest absolute Gasteiger partial charge is 0.257 e. The van der Waals surface area contributed by atoms with Gasteiger partial charge in [0.05, 0.1) is 0 Å². The average molecular weight is 559 g/mol. The Morgan fingerprint density at radius 1 is 0.684 bits per heavy atom. The Bertz CT molecular complexity index is 903. The van der Waals surface area contributed by atoms with Gasteiger partial charge < -0.3 is 26.0 Å². The number of nitrogens with zero attached hydrogens (tertiary/aromatic N) is 1. The van der Waals surface area contributed by atoms with Gasteiger partial charge in [-0.1, -0.05) is 120 Å². The van der Waals surface area contributed by atoms with E-state index in [9.17, 15) is 5.11 Å². The molecule has 7 heteroatoms. The van der Waals surface area contributed by atoms with E-state index in [4.69, 9.17) is 22.4 Å². The number of nitrogens with two attached hydrogens (primary N) is 1. The van der Waals surface area contributed by atoms with Crippen molar-refractivity contribution < 1.29 is 15.3 Å². The first-order chi connectivity index (χ1) is 17.7. The van der Waals surface area contributed by atoms with E-state index in [1.807, 2.05) is 79.7 Å². The molecule has 3 rings (SSSR count). The molecule has 0 aliphatic rings. The van der Waals surface area contributed by atoms with Gasteiger partial charge in [-0.25, -0.2) is 0 Å². The average Bonchev–Trinajstić information content (AvgIpc) is 2.81. The van der Waals surface area contributed by atoms with Crippen LogP contribution in [-0.4, -0.2) is 30.6 Å². The van der Waals surface area contributed by atoms with Gasteiger partial charge in [-0.15, -0.1) is 0 Å². The lowest BCUT2D eigenvalue weighted by Crippen LogP contribution is -2.28. The molecule has 0 unspecified atom stereocenters. The highest BCUT2D eigenvalue weighted by Crippen LogP contribution is 2.10. The van der Waals surface area contributed by atoms with E-state index in [2.05, 4.69) is 59.5 Å². The fourth-order valence-corrected chi connectivity index (χ4v) is 2.47. The van der Waals surface area contributed by atoms with Crippen LogP contribution in [0, 0.1) is 18.8 Å². The standard InChI is InChI=1S/C15H15NOS.C7H8O.2C4H10.CH3NOS/c17-15(18)16(11-13-7-3-1-4-8-13)12-14-9-5-2-6-10-14;1-6-2-4-7(8)5-3-6;2*1-4(2)3;2-1(3)4/h1-10H,11-12H2,(H,17,18);2-5,8H,1H3;2*4H,1-3H3;(H3,2,3,4). The van der Waals surface area contributed by atoms with Gasteiger partial charge in [0.25, 0.3) is 10.3 Å². The summed E-state index contributed by atoms with van der Waals surface area (Å²) < 4.78 is 0. The number of aliphatic hydroxyl groups is 2. The van der Waals surface area contributed by atoms with E-state index < -0.39 is 5.17 Å². The van der Waals surface area contributed by atoms with Crippen LogP contribution >= 0.6 is 24.4 Å². The highest BCUT2D eigenvalue weighted by molar-refractivity contribution is 7.80. The van der Waals surface area contributed by atoms with Crippen molar-refractivity contribution in [3.05, 3.63) is 102 Å². The molecular formula is C31H46N2O3S2. The third-order valence-corrected chi connectivity index (χ3v) is 4.00. The van der Waals surface area contributed by atoms with E-state index in [1.54, 1.807) is 17.0 Å². The molecule has 210 valence electrons. The summed E-state index contributed by atoms with van der Waals surface area (Å²) in [6.45, 7) is 16.2. The molecule has 0 heterocycles. The van der Waals surface area contributed by atoms with Crippen molar-refractivity contribution in [2.75, 3.05) is 0 Å². The summed E-state index contributed by atoms with van der Waals surface area (Å²) in [6.07, 6.45) is 0. The highest BCUT2D eigenvalue weighted by Gasteiger charge is 2.09. The Labute approximate surface area is 241 Å². The van der Waals surface area contributed by atoms with E-state index in [0.717, 1.165) is 23.0 Å². The van der Waals surface area contributed by atoms with Crippen LogP contribution in [0.15, 0.2) is 84.9 Å². The van der Waals surface area contributed by atoms with Crippen LogP contribution in [0.25, 0.3) is 0 Å². The van der Waals surface area contributed by atoms with Gasteiger partial charge in [-0.2, -0.15) is 0 Å². The lowest BCUT2D eigenvalue weighted by molar-refractivity contribution is 0.332. The molecule has 3 aromatic rings. The molecule has 0 fully saturated rings. The Balaban J connectivity index is 0. The predicted octanol–water partition coefficient (Wildman–Crippen LogP) is 8.34. The monoisotopic (exact) mass is 558 g/mol. The zero-order chi connectivity index (χ0) is 29.5. The summed E-state index contributed by atoms with van der Waals surface area (Å²) in [5.74, 6) is 2.00. The second-order valence-electron chi connectivity index (χ2n) is 9.75. The van der Waals surface area contributed by atoms with Crippen LogP contribution in [0.1, 0.15) is 58.2 Å². The minimum atomic E-state index is -0.500. The molecule has 0 aliphatic heterocycles. The lowest BCUT2D eigenvalue weighted by atomic mass is 10.2. The number of aromatic hydroxyl groups is 1. The quantitative estimate of drug-likeness (QED) is 0.239. The highest BCUT2D eigenvalue weighted by atomic mass is 32.1. The largest absolute Gasteiger partial charge is 0.508 e. The molecule has 0 saturated heterocycles. The second kappa shape index (κ2) is 23.0. The zero-order valence-electron chi connectivity index (χ0n) is 23.8. The van der Waals surface area contributed by atoms with Gasteiger partial charge in [-0.05, 0) is 66.5 Å². The summed E-state index contributed by atoms with van der Waals surface area (Å²) in [4.78, 5) is 1.78. The second-order valence-corrected chi connectivity index (χ2v) is 10.5. The van der Waals surface area contributed by atoms with Crippen LogP contribution < -0.4 is 5.73 Å². The van der Waals surface area contributed by atoms with Crippen LogP contribution in [0.2, 0.25) is 0 Å². The maximum atomic E-state index is 9.59. The van der Waals surface area contributed by atoms with Crippen LogP contribution in [0.5, 0.6) is 5.75 Å². The Morgan fingerprint density at radius 2 is 0.974 bits per heavy atom. The molecule has 0 amide bonds. The molecular weight excluding hydrogens is 512 g/mol. The first-order valence-corrected chi connectivity index (χ1v) is 13.4. The van der Waals surface area contributed by atoms with Crippen molar-refractivity contribution >= 4 is 34.8 Å². The molecule has 0 spiro atoms. The van der Waals surface area contributed by atoms with Crippen molar-refractivity contribution in [2.45, 2.75) is 61.6 Å². The Morgan fingerprint density at radius 3 is 1.21 bits per heavy atom. The molecule has 0 aromatic heterocycles. The number of rotatable bonds is 4. The van der Waals surface area contributed by atoms with Crippen molar-refractivity contribution in [1.29, 1.82) is 0 Å². The van der Waals surface area contributed by atoms with E-state index >= 15 is 0 Å². The molecule has 5 nitrogen and oxygen atoms in total. The van der Waals surface area contributed by atoms with Crippen LogP contribution in [-0.2, 0) is 13.1 Å². The number of aliphatic hydroxyl groups excluding tert-OH is 2. The Kier molecular flexibility index (Phi) is 22.4. The van der Waals surface area contributed by atoms with Crippen LogP contribution in [0.4, 0.5) is 0 Å². The Hall–Kier alpha value is -3.16. The van der Waals surface area contributed by atoms with E-state index in [-0.39, 0.29) is 5.17 Å². The third-order valence-electron chi connectivity index (χ3n) is 3.74. The summed E-state index contributed by atoms with van der Waals surface area (Å²) in [6, 6.07) is 27.1. The van der Waals surface area contributed by atoms with Crippen molar-refractivity contribution in [2.24, 2.45) is 17.6 Å². The number of hydrogen-bond donors (Lipinski definition) is 4. The lowest BCUT2D eigenvalue weighted by Gasteiger charge is -2.21. The maximum Gasteiger partial charge on any atom is 0.257 e. The van der Waals surface area contributed by atoms with Crippen molar-refractivity contribution in [3.8, 4) is 5.75 Å². The number of phenolic OH excluding ortho intramolecular Hbond substituents is 1. The molecule has 0 saturated carbocycles. The number of benzene rings is 3. The third kappa shape index (κ3) is 27.4. The summed E-state index contributed by atoms with van der Waals surface area (Å²) in [5, 5.41) is 25.3. The molecule has 0 bridgehead atoms. The first kappa shape index (κ1) is 37.0. The van der Waals surface area contributed by atoms with Crippen molar-refractivity contribution in [1.82, 2.24) is 4.90 Å². The number of thiocarbonyl (C=S) groups is 2. The molecule has 3 aromatic carbocycles. The van der Waals surface area contributed by atoms with Gasteiger partial charge in [0, 0.05) is 13.1 Å². The van der Waals surface area contributed by atoms with Gasteiger partial charge in [0.2, 0.25) is 0 Å². The van der Waals surface area contributed by atoms with Crippen molar-refractivity contribution in [3.63, 3.8) is 0 Å². The summed E-state index contributed by atoms with van der Waals surface area (Å²) in [5.41, 5.74) is 7.83. The molecule has 0 atom stereocenters. The fourth-order valence-electron chi connectivity index (χ4n) is 2.34. The van der Waals surface area contributed by atoms with Gasteiger partial charge >= 0.3 is 0 Å². The molecule has 0 aliphatic carbocycles. The predicted molar refractivity (Wildman–Crippen MR) is 171 cm³/mol. The SMILES string of the molecule is CC(C)C.CC(C)C.Cc1ccc(O)cc1.NC(O)=S.OC(=S)N(Cc1ccccc1)Cc1ccccc1. The summed E-state index contributed by atoms with van der Waals surface area (Å²) >= 11 is 8.77. The van der Waals surface area contributed by atoms with Crippen LogP contribution in [0.3, 0.4) is 0 Å². The zero-order valence-corrected chi connectivity index (χ0v) is 25.5. The maximum absolute atomic E-state index is 9.59. The topological polar surface area (TPSA) is 90.0 Å². The molecule has 5 N–H and O–H groups in total. The minimum absolute atomic E-state index is 0.0669. The number of aryl methyl sites for hydroxylation is 1. The number of hydrogen-bond acceptors (Lipinski definition) is 3.